The number of anilines is 1. The van der Waals surface area contributed by atoms with Gasteiger partial charge in [-0.1, -0.05) is 48.0 Å². The van der Waals surface area contributed by atoms with Crippen molar-refractivity contribution in [1.82, 2.24) is 5.32 Å². The molecular weight excluding hydrogens is 480 g/mol. The number of methoxy groups -OCH3 is 1. The number of carbonyl (C=O) groups is 3. The predicted octanol–water partition coefficient (Wildman–Crippen LogP) is 5.32. The topological polar surface area (TPSA) is 84.9 Å². The van der Waals surface area contributed by atoms with Crippen LogP contribution in [0.1, 0.15) is 16.7 Å². The number of benzene rings is 3. The van der Waals surface area contributed by atoms with Gasteiger partial charge in [0.15, 0.2) is 11.5 Å². The fourth-order valence-corrected chi connectivity index (χ4v) is 3.89. The Bertz CT molecular complexity index is 1350. The number of carbonyl (C=O) groups excluding carboxylic acids is 3. The van der Waals surface area contributed by atoms with E-state index in [-0.39, 0.29) is 12.2 Å². The quantitative estimate of drug-likeness (QED) is 0.256. The van der Waals surface area contributed by atoms with Crippen LogP contribution in [-0.2, 0) is 22.6 Å². The Hall–Kier alpha value is -4.36. The monoisotopic (exact) mass is 502 g/mol. The number of hydrogen-bond donors (Lipinski definition) is 1. The largest absolute Gasteiger partial charge is 0.493 e. The number of rotatable bonds is 8. The first-order valence-corrected chi connectivity index (χ1v) is 11.4. The molecule has 0 unspecified atom stereocenters. The lowest BCUT2D eigenvalue weighted by Gasteiger charge is -2.26. The van der Waals surface area contributed by atoms with Crippen LogP contribution in [-0.4, -0.2) is 25.0 Å². The van der Waals surface area contributed by atoms with Crippen molar-refractivity contribution in [3.05, 3.63) is 107 Å². The normalized spacial score (nSPS) is 14.6. The van der Waals surface area contributed by atoms with Crippen molar-refractivity contribution < 1.29 is 23.9 Å². The summed E-state index contributed by atoms with van der Waals surface area (Å²) >= 11 is 5.96. The number of barbiturate groups is 1. The van der Waals surface area contributed by atoms with E-state index >= 15 is 0 Å². The number of para-hydroxylation sites is 1. The fourth-order valence-electron chi connectivity index (χ4n) is 3.76. The summed E-state index contributed by atoms with van der Waals surface area (Å²) in [6, 6.07) is 18.4. The van der Waals surface area contributed by atoms with Crippen LogP contribution in [0, 0.1) is 0 Å². The zero-order chi connectivity index (χ0) is 25.7. The molecule has 0 atom stereocenters. The molecule has 1 fully saturated rings. The average Bonchev–Trinajstić information content (AvgIpc) is 2.87. The molecule has 1 saturated heterocycles. The third-order valence-electron chi connectivity index (χ3n) is 5.46. The van der Waals surface area contributed by atoms with Gasteiger partial charge in [0.2, 0.25) is 0 Å². The maximum absolute atomic E-state index is 13.2. The highest BCUT2D eigenvalue weighted by molar-refractivity contribution is 6.39. The van der Waals surface area contributed by atoms with E-state index in [1.54, 1.807) is 60.7 Å². The molecule has 0 bridgehead atoms. The number of urea groups is 1. The Morgan fingerprint density at radius 2 is 1.75 bits per heavy atom. The molecule has 0 radical (unpaired) electrons. The highest BCUT2D eigenvalue weighted by Crippen LogP contribution is 2.35. The van der Waals surface area contributed by atoms with Crippen molar-refractivity contribution in [2.24, 2.45) is 0 Å². The Morgan fingerprint density at radius 3 is 2.42 bits per heavy atom. The average molecular weight is 503 g/mol. The highest BCUT2D eigenvalue weighted by atomic mass is 35.5. The summed E-state index contributed by atoms with van der Waals surface area (Å²) in [5.74, 6) is -0.545. The van der Waals surface area contributed by atoms with Crippen LogP contribution in [0.3, 0.4) is 0 Å². The van der Waals surface area contributed by atoms with Crippen molar-refractivity contribution in [3.63, 3.8) is 0 Å². The van der Waals surface area contributed by atoms with Gasteiger partial charge in [-0.15, -0.1) is 6.58 Å². The summed E-state index contributed by atoms with van der Waals surface area (Å²) in [6.45, 7) is 4.10. The number of amides is 4. The minimum atomic E-state index is -0.802. The molecule has 36 heavy (non-hydrogen) atoms. The molecule has 0 aliphatic carbocycles. The SMILES string of the molecule is C=CCc1cc(/C=C2\C(=O)NC(=O)N(c3ccccc3)C2=O)cc(OC)c1OCc1ccc(Cl)cc1. The fraction of sp³-hybridized carbons (Fsp3) is 0.107. The van der Waals surface area contributed by atoms with Gasteiger partial charge < -0.3 is 9.47 Å². The van der Waals surface area contributed by atoms with E-state index in [9.17, 15) is 14.4 Å². The molecule has 1 heterocycles. The lowest BCUT2D eigenvalue weighted by molar-refractivity contribution is -0.122. The van der Waals surface area contributed by atoms with Gasteiger partial charge in [0, 0.05) is 10.6 Å². The van der Waals surface area contributed by atoms with Crippen molar-refractivity contribution in [1.29, 1.82) is 0 Å². The molecule has 182 valence electrons. The highest BCUT2D eigenvalue weighted by Gasteiger charge is 2.36. The maximum atomic E-state index is 13.2. The zero-order valence-corrected chi connectivity index (χ0v) is 20.2. The van der Waals surface area contributed by atoms with Gasteiger partial charge in [-0.2, -0.15) is 0 Å². The second-order valence-electron chi connectivity index (χ2n) is 7.91. The Labute approximate surface area is 213 Å². The first-order chi connectivity index (χ1) is 17.4. The molecule has 7 nitrogen and oxygen atoms in total. The Morgan fingerprint density at radius 1 is 1.03 bits per heavy atom. The third-order valence-corrected chi connectivity index (χ3v) is 5.71. The number of allylic oxidation sites excluding steroid dienone is 1. The third kappa shape index (κ3) is 5.31. The van der Waals surface area contributed by atoms with Gasteiger partial charge in [0.05, 0.1) is 12.8 Å². The minimum absolute atomic E-state index is 0.181. The molecule has 3 aromatic rings. The summed E-state index contributed by atoms with van der Waals surface area (Å²) < 4.78 is 11.6. The minimum Gasteiger partial charge on any atom is -0.493 e. The first-order valence-electron chi connectivity index (χ1n) is 11.1. The second-order valence-corrected chi connectivity index (χ2v) is 8.35. The van der Waals surface area contributed by atoms with Crippen LogP contribution >= 0.6 is 11.6 Å². The summed E-state index contributed by atoms with van der Waals surface area (Å²) in [7, 11) is 1.51. The molecule has 4 amide bonds. The van der Waals surface area contributed by atoms with Crippen molar-refractivity contribution >= 4 is 41.2 Å². The van der Waals surface area contributed by atoms with Crippen LogP contribution in [0.2, 0.25) is 5.02 Å². The summed E-state index contributed by atoms with van der Waals surface area (Å²) in [6.07, 6.45) is 3.60. The standard InChI is InChI=1S/C28H23ClN2O5/c1-3-7-20-14-19(16-24(35-2)25(20)36-17-18-10-12-21(29)13-11-18)15-23-26(32)30-28(34)31(27(23)33)22-8-5-4-6-9-22/h3-6,8-16H,1,7,17H2,2H3,(H,30,32,34)/b23-15+. The number of nitrogens with zero attached hydrogens (tertiary/aromatic N) is 1. The van der Waals surface area contributed by atoms with Gasteiger partial charge in [-0.25, -0.2) is 9.69 Å². The van der Waals surface area contributed by atoms with E-state index in [1.807, 2.05) is 12.1 Å². The molecule has 0 spiro atoms. The van der Waals surface area contributed by atoms with Gasteiger partial charge in [-0.3, -0.25) is 14.9 Å². The van der Waals surface area contributed by atoms with E-state index in [1.165, 1.54) is 13.2 Å². The van der Waals surface area contributed by atoms with Gasteiger partial charge >= 0.3 is 6.03 Å². The summed E-state index contributed by atoms with van der Waals surface area (Å²) in [4.78, 5) is 39.1. The Balaban J connectivity index is 1.69. The number of imide groups is 2. The van der Waals surface area contributed by atoms with Crippen LogP contribution in [0.15, 0.2) is 85.0 Å². The molecule has 1 aliphatic heterocycles. The van der Waals surface area contributed by atoms with Gasteiger partial charge in [-0.05, 0) is 60.0 Å². The van der Waals surface area contributed by atoms with E-state index < -0.39 is 17.8 Å². The smallest absolute Gasteiger partial charge is 0.335 e. The molecule has 1 N–H and O–H groups in total. The lowest BCUT2D eigenvalue weighted by Crippen LogP contribution is -2.54. The lowest BCUT2D eigenvalue weighted by atomic mass is 10.0. The molecule has 1 aliphatic rings. The molecule has 0 aromatic heterocycles. The van der Waals surface area contributed by atoms with E-state index in [0.29, 0.717) is 34.2 Å². The number of nitrogens with one attached hydrogen (secondary N) is 1. The molecule has 4 rings (SSSR count). The van der Waals surface area contributed by atoms with Crippen molar-refractivity contribution in [2.75, 3.05) is 12.0 Å². The Kier molecular flexibility index (Phi) is 7.51. The van der Waals surface area contributed by atoms with Crippen LogP contribution < -0.4 is 19.7 Å². The second kappa shape index (κ2) is 10.9. The predicted molar refractivity (Wildman–Crippen MR) is 138 cm³/mol. The van der Waals surface area contributed by atoms with Crippen LogP contribution in [0.4, 0.5) is 10.5 Å². The molecule has 0 saturated carbocycles. The molecule has 3 aromatic carbocycles. The zero-order valence-electron chi connectivity index (χ0n) is 19.5. The molecule has 8 heteroatoms. The summed E-state index contributed by atoms with van der Waals surface area (Å²) in [5.41, 5.74) is 2.38. The number of halogens is 1. The van der Waals surface area contributed by atoms with E-state index in [4.69, 9.17) is 21.1 Å². The van der Waals surface area contributed by atoms with Gasteiger partial charge in [0.1, 0.15) is 12.2 Å². The van der Waals surface area contributed by atoms with E-state index in [2.05, 4.69) is 11.9 Å². The van der Waals surface area contributed by atoms with E-state index in [0.717, 1.165) is 16.0 Å². The first kappa shape index (κ1) is 24.8. The summed E-state index contributed by atoms with van der Waals surface area (Å²) in [5, 5.41) is 2.86. The van der Waals surface area contributed by atoms with Crippen LogP contribution in [0.5, 0.6) is 11.5 Å². The van der Waals surface area contributed by atoms with Crippen LogP contribution in [0.25, 0.3) is 6.08 Å². The molecular formula is C28H23ClN2O5. The number of ether oxygens (including phenoxy) is 2. The van der Waals surface area contributed by atoms with Crippen molar-refractivity contribution in [2.45, 2.75) is 13.0 Å². The van der Waals surface area contributed by atoms with Crippen molar-refractivity contribution in [3.8, 4) is 11.5 Å². The number of hydrogen-bond acceptors (Lipinski definition) is 5. The maximum Gasteiger partial charge on any atom is 0.335 e. The van der Waals surface area contributed by atoms with Gasteiger partial charge in [0.25, 0.3) is 11.8 Å².